The molecule has 1 amide bonds. The van der Waals surface area contributed by atoms with E-state index in [2.05, 4.69) is 15.5 Å². The summed E-state index contributed by atoms with van der Waals surface area (Å²) < 4.78 is 41.8. The van der Waals surface area contributed by atoms with Crippen molar-refractivity contribution in [3.05, 3.63) is 35.5 Å². The van der Waals surface area contributed by atoms with Crippen LogP contribution in [0.3, 0.4) is 0 Å². The molecule has 1 atom stereocenters. The molecular formula is C15H16FN3O4S2. The number of thioether (sulfide) groups is 1. The van der Waals surface area contributed by atoms with Crippen LogP contribution in [0, 0.1) is 12.7 Å². The third-order valence-corrected chi connectivity index (χ3v) is 6.37. The lowest BCUT2D eigenvalue weighted by Gasteiger charge is -2.05. The van der Waals surface area contributed by atoms with E-state index in [1.165, 1.54) is 6.07 Å². The van der Waals surface area contributed by atoms with Crippen LogP contribution in [0.2, 0.25) is 0 Å². The molecule has 134 valence electrons. The van der Waals surface area contributed by atoms with Crippen molar-refractivity contribution in [1.29, 1.82) is 0 Å². The third kappa shape index (κ3) is 4.57. The number of anilines is 1. The van der Waals surface area contributed by atoms with Crippen LogP contribution < -0.4 is 5.32 Å². The van der Waals surface area contributed by atoms with Crippen molar-refractivity contribution in [3.63, 3.8) is 0 Å². The molecule has 10 heteroatoms. The standard InChI is InChI=1S/C15H16FN3O4S2/c1-9-2-3-11(6-12(9)16)17-13(20)7-24-15-19-18-14(23-15)10-4-5-25(21,22)8-10/h2-3,6,10H,4-5,7-8H2,1H3,(H,17,20)/t10-/m0/s1. The van der Waals surface area contributed by atoms with Gasteiger partial charge >= 0.3 is 0 Å². The fourth-order valence-corrected chi connectivity index (χ4v) is 4.73. The minimum absolute atomic E-state index is 0.0127. The molecule has 0 aliphatic carbocycles. The van der Waals surface area contributed by atoms with Gasteiger partial charge in [0.1, 0.15) is 5.82 Å². The maximum absolute atomic E-state index is 13.5. The average Bonchev–Trinajstić information content (AvgIpc) is 3.15. The molecule has 1 N–H and O–H groups in total. The number of hydrogen-bond acceptors (Lipinski definition) is 7. The number of amides is 1. The number of aryl methyl sites for hydroxylation is 1. The van der Waals surface area contributed by atoms with Crippen LogP contribution in [0.15, 0.2) is 27.8 Å². The summed E-state index contributed by atoms with van der Waals surface area (Å²) in [5.41, 5.74) is 0.871. The number of nitrogens with one attached hydrogen (secondary N) is 1. The van der Waals surface area contributed by atoms with Gasteiger partial charge in [-0.1, -0.05) is 17.8 Å². The molecule has 1 saturated heterocycles. The third-order valence-electron chi connectivity index (χ3n) is 3.79. The van der Waals surface area contributed by atoms with E-state index in [0.717, 1.165) is 11.8 Å². The molecule has 0 radical (unpaired) electrons. The molecule has 25 heavy (non-hydrogen) atoms. The predicted octanol–water partition coefficient (Wildman–Crippen LogP) is 2.15. The number of rotatable bonds is 5. The Morgan fingerprint density at radius 2 is 2.24 bits per heavy atom. The van der Waals surface area contributed by atoms with Gasteiger partial charge in [-0.2, -0.15) is 0 Å². The molecule has 1 aromatic carbocycles. The Kier molecular flexibility index (Phi) is 5.09. The largest absolute Gasteiger partial charge is 0.416 e. The molecule has 2 heterocycles. The smallest absolute Gasteiger partial charge is 0.277 e. The van der Waals surface area contributed by atoms with E-state index < -0.39 is 15.7 Å². The zero-order valence-electron chi connectivity index (χ0n) is 13.4. The Hall–Kier alpha value is -1.94. The molecule has 3 rings (SSSR count). The minimum Gasteiger partial charge on any atom is -0.416 e. The summed E-state index contributed by atoms with van der Waals surface area (Å²) in [6, 6.07) is 4.45. The number of halogens is 1. The Morgan fingerprint density at radius 3 is 2.92 bits per heavy atom. The molecule has 7 nitrogen and oxygen atoms in total. The SMILES string of the molecule is Cc1ccc(NC(=O)CSc2nnc([C@H]3CCS(=O)(=O)C3)o2)cc1F. The van der Waals surface area contributed by atoms with Crippen molar-refractivity contribution in [2.75, 3.05) is 22.6 Å². The molecule has 0 bridgehead atoms. The van der Waals surface area contributed by atoms with Crippen LogP contribution in [-0.2, 0) is 14.6 Å². The van der Waals surface area contributed by atoms with E-state index in [1.807, 2.05) is 0 Å². The molecule has 0 saturated carbocycles. The van der Waals surface area contributed by atoms with Crippen LogP contribution in [0.5, 0.6) is 0 Å². The van der Waals surface area contributed by atoms with Crippen molar-refractivity contribution in [3.8, 4) is 0 Å². The highest BCUT2D eigenvalue weighted by molar-refractivity contribution is 7.99. The Balaban J connectivity index is 1.53. The van der Waals surface area contributed by atoms with Crippen LogP contribution in [0.4, 0.5) is 10.1 Å². The van der Waals surface area contributed by atoms with Gasteiger partial charge in [0.2, 0.25) is 11.8 Å². The summed E-state index contributed by atoms with van der Waals surface area (Å²) in [6.45, 7) is 1.64. The zero-order valence-corrected chi connectivity index (χ0v) is 15.0. The zero-order chi connectivity index (χ0) is 18.0. The molecule has 0 spiro atoms. The molecule has 1 aliphatic rings. The Labute approximate surface area is 148 Å². The number of benzene rings is 1. The topological polar surface area (TPSA) is 102 Å². The van der Waals surface area contributed by atoms with Gasteiger partial charge in [0.05, 0.1) is 23.2 Å². The van der Waals surface area contributed by atoms with Gasteiger partial charge in [0.25, 0.3) is 5.22 Å². The summed E-state index contributed by atoms with van der Waals surface area (Å²) in [7, 11) is -3.03. The summed E-state index contributed by atoms with van der Waals surface area (Å²) in [4.78, 5) is 11.9. The molecule has 1 aliphatic heterocycles. The number of hydrogen-bond donors (Lipinski definition) is 1. The number of nitrogens with zero attached hydrogens (tertiary/aromatic N) is 2. The monoisotopic (exact) mass is 385 g/mol. The summed E-state index contributed by atoms with van der Waals surface area (Å²) in [6.07, 6.45) is 0.466. The normalized spacial score (nSPS) is 19.0. The molecule has 2 aromatic rings. The van der Waals surface area contributed by atoms with Gasteiger partial charge in [-0.05, 0) is 31.0 Å². The van der Waals surface area contributed by atoms with E-state index in [9.17, 15) is 17.6 Å². The first-order chi connectivity index (χ1) is 11.8. The first kappa shape index (κ1) is 17.9. The fraction of sp³-hybridized carbons (Fsp3) is 0.400. The van der Waals surface area contributed by atoms with Crippen molar-refractivity contribution >= 4 is 33.2 Å². The number of aromatic nitrogens is 2. The Bertz CT molecular complexity index is 898. The quantitative estimate of drug-likeness (QED) is 0.787. The first-order valence-corrected chi connectivity index (χ1v) is 10.4. The van der Waals surface area contributed by atoms with Crippen LogP contribution in [0.1, 0.15) is 23.8 Å². The summed E-state index contributed by atoms with van der Waals surface area (Å²) >= 11 is 1.04. The van der Waals surface area contributed by atoms with Gasteiger partial charge in [0.15, 0.2) is 9.84 Å². The summed E-state index contributed by atoms with van der Waals surface area (Å²) in [5, 5.41) is 10.5. The lowest BCUT2D eigenvalue weighted by molar-refractivity contribution is -0.113. The van der Waals surface area contributed by atoms with E-state index >= 15 is 0 Å². The van der Waals surface area contributed by atoms with E-state index in [-0.39, 0.29) is 40.2 Å². The van der Waals surface area contributed by atoms with Gasteiger partial charge in [0, 0.05) is 5.69 Å². The highest BCUT2D eigenvalue weighted by Gasteiger charge is 2.32. The van der Waals surface area contributed by atoms with Crippen molar-refractivity contribution < 1.29 is 22.0 Å². The van der Waals surface area contributed by atoms with Gasteiger partial charge in [-0.15, -0.1) is 10.2 Å². The van der Waals surface area contributed by atoms with Gasteiger partial charge in [-0.3, -0.25) is 4.79 Å². The Morgan fingerprint density at radius 1 is 1.44 bits per heavy atom. The molecule has 1 aromatic heterocycles. The first-order valence-electron chi connectivity index (χ1n) is 7.55. The van der Waals surface area contributed by atoms with E-state index in [4.69, 9.17) is 4.42 Å². The highest BCUT2D eigenvalue weighted by Crippen LogP contribution is 2.29. The van der Waals surface area contributed by atoms with E-state index in [0.29, 0.717) is 17.7 Å². The van der Waals surface area contributed by atoms with E-state index in [1.54, 1.807) is 19.1 Å². The predicted molar refractivity (Wildman–Crippen MR) is 90.8 cm³/mol. The number of carbonyl (C=O) groups excluding carboxylic acids is 1. The second kappa shape index (κ2) is 7.12. The average molecular weight is 385 g/mol. The maximum atomic E-state index is 13.5. The van der Waals surface area contributed by atoms with Crippen molar-refractivity contribution in [2.45, 2.75) is 24.5 Å². The lowest BCUT2D eigenvalue weighted by Crippen LogP contribution is -2.14. The maximum Gasteiger partial charge on any atom is 0.277 e. The second-order valence-corrected chi connectivity index (χ2v) is 8.96. The van der Waals surface area contributed by atoms with Gasteiger partial charge < -0.3 is 9.73 Å². The van der Waals surface area contributed by atoms with Crippen LogP contribution in [-0.4, -0.2) is 41.8 Å². The molecule has 1 fully saturated rings. The van der Waals surface area contributed by atoms with Crippen LogP contribution in [0.25, 0.3) is 0 Å². The second-order valence-electron chi connectivity index (χ2n) is 5.81. The number of carbonyl (C=O) groups is 1. The molecule has 0 unspecified atom stereocenters. The minimum atomic E-state index is -3.03. The van der Waals surface area contributed by atoms with Crippen molar-refractivity contribution in [2.24, 2.45) is 0 Å². The summed E-state index contributed by atoms with van der Waals surface area (Å²) in [5.74, 6) is -0.576. The van der Waals surface area contributed by atoms with Crippen molar-refractivity contribution in [1.82, 2.24) is 10.2 Å². The lowest BCUT2D eigenvalue weighted by atomic mass is 10.1. The van der Waals surface area contributed by atoms with Crippen LogP contribution >= 0.6 is 11.8 Å². The van der Waals surface area contributed by atoms with Gasteiger partial charge in [-0.25, -0.2) is 12.8 Å². The highest BCUT2D eigenvalue weighted by atomic mass is 32.2. The number of sulfone groups is 1. The molecular weight excluding hydrogens is 369 g/mol. The fourth-order valence-electron chi connectivity index (χ4n) is 2.43.